The molecule has 1 N–H and O–H groups in total. The van der Waals surface area contributed by atoms with Crippen molar-refractivity contribution in [3.63, 3.8) is 0 Å². The van der Waals surface area contributed by atoms with Gasteiger partial charge in [0.15, 0.2) is 0 Å². The molecular weight excluding hydrogens is 220 g/mol. The number of nitrogens with zero attached hydrogens (tertiary/aromatic N) is 1. The van der Waals surface area contributed by atoms with Crippen LogP contribution in [0.2, 0.25) is 0 Å². The van der Waals surface area contributed by atoms with Crippen molar-refractivity contribution in [2.45, 2.75) is 13.0 Å². The molecule has 3 rings (SSSR count). The molecule has 2 aromatic rings. The Kier molecular flexibility index (Phi) is 2.63. The lowest BCUT2D eigenvalue weighted by Gasteiger charge is -2.21. The second-order valence-corrected chi connectivity index (χ2v) is 5.17. The van der Waals surface area contributed by atoms with Crippen LogP contribution < -0.4 is 5.32 Å². The lowest BCUT2D eigenvalue weighted by Crippen LogP contribution is -2.34. The van der Waals surface area contributed by atoms with Crippen LogP contribution in [0, 0.1) is 6.92 Å². The molecule has 1 unspecified atom stereocenters. The fourth-order valence-corrected chi connectivity index (χ4v) is 3.05. The second kappa shape index (κ2) is 4.13. The van der Waals surface area contributed by atoms with Crippen molar-refractivity contribution < 1.29 is 4.74 Å². The summed E-state index contributed by atoms with van der Waals surface area (Å²) in [5.41, 5.74) is 2.38. The molecule has 1 aromatic carbocycles. The van der Waals surface area contributed by atoms with Gasteiger partial charge in [-0.2, -0.15) is 0 Å². The Hall–Kier alpha value is -0.970. The van der Waals surface area contributed by atoms with Crippen molar-refractivity contribution >= 4 is 21.6 Å². The monoisotopic (exact) mass is 234 g/mol. The number of ether oxygens (including phenoxy) is 1. The van der Waals surface area contributed by atoms with E-state index in [1.54, 1.807) is 11.3 Å². The van der Waals surface area contributed by atoms with Crippen LogP contribution in [0.5, 0.6) is 0 Å². The van der Waals surface area contributed by atoms with E-state index in [0.29, 0.717) is 0 Å². The molecule has 1 atom stereocenters. The molecule has 3 nitrogen and oxygen atoms in total. The number of aryl methyl sites for hydroxylation is 1. The summed E-state index contributed by atoms with van der Waals surface area (Å²) in [7, 11) is 0. The highest BCUT2D eigenvalue weighted by molar-refractivity contribution is 7.18. The van der Waals surface area contributed by atoms with Gasteiger partial charge in [-0.3, -0.25) is 0 Å². The fourth-order valence-electron chi connectivity index (χ4n) is 1.92. The van der Waals surface area contributed by atoms with Gasteiger partial charge in [-0.15, -0.1) is 11.3 Å². The molecule has 0 spiro atoms. The first-order valence-corrected chi connectivity index (χ1v) is 6.33. The number of hydrogen-bond donors (Lipinski definition) is 1. The minimum atomic E-state index is 0.270. The first kappa shape index (κ1) is 10.2. The Morgan fingerprint density at radius 2 is 2.44 bits per heavy atom. The van der Waals surface area contributed by atoms with E-state index in [9.17, 15) is 0 Å². The van der Waals surface area contributed by atoms with Gasteiger partial charge < -0.3 is 10.1 Å². The lowest BCUT2D eigenvalue weighted by atomic mass is 10.2. The third-order valence-corrected chi connectivity index (χ3v) is 3.91. The van der Waals surface area contributed by atoms with Crippen molar-refractivity contribution in [1.82, 2.24) is 10.3 Å². The van der Waals surface area contributed by atoms with Crippen molar-refractivity contribution in [2.75, 3.05) is 19.8 Å². The van der Waals surface area contributed by atoms with Gasteiger partial charge in [-0.1, -0.05) is 6.07 Å². The number of fused-ring (bicyclic) bond motifs is 1. The van der Waals surface area contributed by atoms with Gasteiger partial charge in [-0.25, -0.2) is 4.98 Å². The van der Waals surface area contributed by atoms with Gasteiger partial charge in [0.25, 0.3) is 0 Å². The largest absolute Gasteiger partial charge is 0.378 e. The average molecular weight is 234 g/mol. The maximum absolute atomic E-state index is 5.46. The molecule has 0 radical (unpaired) electrons. The Balaban J connectivity index is 1.97. The van der Waals surface area contributed by atoms with E-state index >= 15 is 0 Å². The third kappa shape index (κ3) is 1.84. The summed E-state index contributed by atoms with van der Waals surface area (Å²) in [4.78, 5) is 4.65. The van der Waals surface area contributed by atoms with E-state index in [1.165, 1.54) is 10.3 Å². The zero-order chi connectivity index (χ0) is 11.0. The zero-order valence-corrected chi connectivity index (χ0v) is 10.0. The lowest BCUT2D eigenvalue weighted by molar-refractivity contribution is 0.0768. The van der Waals surface area contributed by atoms with Crippen LogP contribution in [0.25, 0.3) is 10.2 Å². The summed E-state index contributed by atoms with van der Waals surface area (Å²) >= 11 is 1.76. The van der Waals surface area contributed by atoms with Crippen molar-refractivity contribution in [3.8, 4) is 0 Å². The summed E-state index contributed by atoms with van der Waals surface area (Å²) in [6, 6.07) is 6.66. The van der Waals surface area contributed by atoms with Crippen molar-refractivity contribution in [2.24, 2.45) is 0 Å². The van der Waals surface area contributed by atoms with E-state index in [0.717, 1.165) is 30.3 Å². The number of thiazole rings is 1. The quantitative estimate of drug-likeness (QED) is 0.822. The second-order valence-electron chi connectivity index (χ2n) is 4.10. The Morgan fingerprint density at radius 3 is 3.25 bits per heavy atom. The van der Waals surface area contributed by atoms with Crippen molar-refractivity contribution in [3.05, 3.63) is 28.8 Å². The molecule has 0 saturated carbocycles. The normalized spacial score (nSPS) is 21.4. The summed E-state index contributed by atoms with van der Waals surface area (Å²) in [5.74, 6) is 0. The molecule has 0 aliphatic carbocycles. The number of aromatic nitrogens is 1. The molecule has 84 valence electrons. The summed E-state index contributed by atoms with van der Waals surface area (Å²) in [6.07, 6.45) is 0. The molecule has 16 heavy (non-hydrogen) atoms. The van der Waals surface area contributed by atoms with Crippen LogP contribution in [0.15, 0.2) is 18.2 Å². The van der Waals surface area contributed by atoms with Crippen LogP contribution in [0.4, 0.5) is 0 Å². The topological polar surface area (TPSA) is 34.1 Å². The minimum absolute atomic E-state index is 0.270. The molecule has 2 heterocycles. The predicted molar refractivity (Wildman–Crippen MR) is 65.9 cm³/mol. The molecule has 1 aliphatic heterocycles. The smallest absolute Gasteiger partial charge is 0.113 e. The standard InChI is InChI=1S/C12H14N2OS/c1-8-2-3-9-11(6-8)16-12(14-9)10-7-15-5-4-13-10/h2-3,6,10,13H,4-5,7H2,1H3. The predicted octanol–water partition coefficient (Wildman–Crippen LogP) is 2.27. The van der Waals surface area contributed by atoms with E-state index < -0.39 is 0 Å². The summed E-state index contributed by atoms with van der Waals surface area (Å²) in [6.45, 7) is 4.57. The number of hydrogen-bond acceptors (Lipinski definition) is 4. The average Bonchev–Trinajstić information content (AvgIpc) is 2.73. The van der Waals surface area contributed by atoms with Gasteiger partial charge in [0, 0.05) is 6.54 Å². The molecular formula is C12H14N2OS. The van der Waals surface area contributed by atoms with Gasteiger partial charge in [0.2, 0.25) is 0 Å². The van der Waals surface area contributed by atoms with Crippen LogP contribution in [0.1, 0.15) is 16.6 Å². The van der Waals surface area contributed by atoms with Gasteiger partial charge in [-0.05, 0) is 24.6 Å². The Bertz CT molecular complexity index is 503. The van der Waals surface area contributed by atoms with Crippen LogP contribution >= 0.6 is 11.3 Å². The van der Waals surface area contributed by atoms with Gasteiger partial charge in [0.1, 0.15) is 5.01 Å². The third-order valence-electron chi connectivity index (χ3n) is 2.78. The van der Waals surface area contributed by atoms with Gasteiger partial charge in [0.05, 0.1) is 29.5 Å². The zero-order valence-electron chi connectivity index (χ0n) is 9.19. The van der Waals surface area contributed by atoms with Crippen LogP contribution in [0.3, 0.4) is 0 Å². The maximum Gasteiger partial charge on any atom is 0.113 e. The van der Waals surface area contributed by atoms with Crippen LogP contribution in [-0.2, 0) is 4.74 Å². The number of rotatable bonds is 1. The van der Waals surface area contributed by atoms with E-state index in [4.69, 9.17) is 4.74 Å². The van der Waals surface area contributed by atoms with E-state index in [1.807, 2.05) is 0 Å². The molecule has 1 aromatic heterocycles. The summed E-state index contributed by atoms with van der Waals surface area (Å²) in [5, 5.41) is 4.57. The number of morpholine rings is 1. The Labute approximate surface area is 98.5 Å². The van der Waals surface area contributed by atoms with E-state index in [-0.39, 0.29) is 6.04 Å². The number of benzene rings is 1. The highest BCUT2D eigenvalue weighted by Crippen LogP contribution is 2.28. The first-order chi connectivity index (χ1) is 7.83. The molecule has 1 fully saturated rings. The Morgan fingerprint density at radius 1 is 1.50 bits per heavy atom. The maximum atomic E-state index is 5.46. The highest BCUT2D eigenvalue weighted by atomic mass is 32.1. The molecule has 1 aliphatic rings. The highest BCUT2D eigenvalue weighted by Gasteiger charge is 2.18. The van der Waals surface area contributed by atoms with Crippen LogP contribution in [-0.4, -0.2) is 24.7 Å². The molecule has 4 heteroatoms. The van der Waals surface area contributed by atoms with E-state index in [2.05, 4.69) is 35.4 Å². The molecule has 1 saturated heterocycles. The number of nitrogens with one attached hydrogen (secondary N) is 1. The summed E-state index contributed by atoms with van der Waals surface area (Å²) < 4.78 is 6.73. The SMILES string of the molecule is Cc1ccc2nc(C3COCCN3)sc2c1. The fraction of sp³-hybridized carbons (Fsp3) is 0.417. The first-order valence-electron chi connectivity index (χ1n) is 5.51. The van der Waals surface area contributed by atoms with Crippen molar-refractivity contribution in [1.29, 1.82) is 0 Å². The minimum Gasteiger partial charge on any atom is -0.378 e. The molecule has 0 amide bonds. The van der Waals surface area contributed by atoms with Gasteiger partial charge >= 0.3 is 0 Å². The molecule has 0 bridgehead atoms.